The van der Waals surface area contributed by atoms with Crippen molar-refractivity contribution in [1.29, 1.82) is 0 Å². The van der Waals surface area contributed by atoms with Crippen molar-refractivity contribution in [3.8, 4) is 0 Å². The standard InChI is InChI=1S/C18H32O3/c1-7-10-18(6,14(5)19)17(20)21-16-11-13(4)8-9-15(16)12(2)3/h12-13,15-16H,7-11H2,1-6H3/t13-,15-,16-,18+/m1/s1. The van der Waals surface area contributed by atoms with Gasteiger partial charge in [0.15, 0.2) is 0 Å². The molecule has 0 aromatic heterocycles. The molecule has 0 N–H and O–H groups in total. The maximum atomic E-state index is 12.6. The molecule has 0 saturated heterocycles. The van der Waals surface area contributed by atoms with Gasteiger partial charge in [-0.3, -0.25) is 9.59 Å². The first-order valence-electron chi connectivity index (χ1n) is 8.44. The highest BCUT2D eigenvalue weighted by molar-refractivity contribution is 6.02. The summed E-state index contributed by atoms with van der Waals surface area (Å²) < 4.78 is 5.85. The monoisotopic (exact) mass is 296 g/mol. The first kappa shape index (κ1) is 18.2. The molecule has 0 spiro atoms. The van der Waals surface area contributed by atoms with Gasteiger partial charge in [-0.15, -0.1) is 0 Å². The third-order valence-electron chi connectivity index (χ3n) is 5.20. The van der Waals surface area contributed by atoms with Crippen molar-refractivity contribution in [3.63, 3.8) is 0 Å². The maximum absolute atomic E-state index is 12.6. The summed E-state index contributed by atoms with van der Waals surface area (Å²) in [6.07, 6.45) is 4.58. The average molecular weight is 296 g/mol. The van der Waals surface area contributed by atoms with Gasteiger partial charge in [-0.1, -0.05) is 40.5 Å². The SMILES string of the molecule is CCC[C@@](C)(C(C)=O)C(=O)O[C@@H]1C[C@H](C)CC[C@@H]1C(C)C. The Balaban J connectivity index is 2.84. The van der Waals surface area contributed by atoms with E-state index in [0.717, 1.165) is 19.3 Å². The number of rotatable bonds is 6. The van der Waals surface area contributed by atoms with Crippen molar-refractivity contribution in [1.82, 2.24) is 0 Å². The molecule has 0 bridgehead atoms. The summed E-state index contributed by atoms with van der Waals surface area (Å²) in [6, 6.07) is 0. The van der Waals surface area contributed by atoms with E-state index in [9.17, 15) is 9.59 Å². The van der Waals surface area contributed by atoms with Crippen LogP contribution in [0.25, 0.3) is 0 Å². The van der Waals surface area contributed by atoms with E-state index in [-0.39, 0.29) is 17.9 Å². The number of Topliss-reactive ketones (excluding diaryl/α,β-unsaturated/α-hetero) is 1. The second-order valence-corrected chi connectivity index (χ2v) is 7.41. The number of carbonyl (C=O) groups excluding carboxylic acids is 2. The molecule has 0 unspecified atom stereocenters. The van der Waals surface area contributed by atoms with Crippen molar-refractivity contribution in [2.75, 3.05) is 0 Å². The summed E-state index contributed by atoms with van der Waals surface area (Å²) in [5.74, 6) is 1.11. The lowest BCUT2D eigenvalue weighted by Gasteiger charge is -2.38. The van der Waals surface area contributed by atoms with Gasteiger partial charge in [0, 0.05) is 0 Å². The van der Waals surface area contributed by atoms with Crippen LogP contribution in [0.4, 0.5) is 0 Å². The summed E-state index contributed by atoms with van der Waals surface area (Å²) >= 11 is 0. The van der Waals surface area contributed by atoms with Crippen LogP contribution in [0.3, 0.4) is 0 Å². The van der Waals surface area contributed by atoms with Gasteiger partial charge in [0.05, 0.1) is 0 Å². The van der Waals surface area contributed by atoms with Gasteiger partial charge in [0.25, 0.3) is 0 Å². The summed E-state index contributed by atoms with van der Waals surface area (Å²) in [4.78, 5) is 24.5. The highest BCUT2D eigenvalue weighted by Crippen LogP contribution is 2.37. The minimum Gasteiger partial charge on any atom is -0.461 e. The molecule has 0 amide bonds. The first-order chi connectivity index (χ1) is 9.72. The van der Waals surface area contributed by atoms with Crippen LogP contribution in [-0.4, -0.2) is 17.9 Å². The Kier molecular flexibility index (Phi) is 6.42. The molecule has 1 saturated carbocycles. The summed E-state index contributed by atoms with van der Waals surface area (Å²) in [6.45, 7) is 11.8. The molecular weight excluding hydrogens is 264 g/mol. The maximum Gasteiger partial charge on any atom is 0.319 e. The van der Waals surface area contributed by atoms with Crippen molar-refractivity contribution in [3.05, 3.63) is 0 Å². The topological polar surface area (TPSA) is 43.4 Å². The summed E-state index contributed by atoms with van der Waals surface area (Å²) in [5.41, 5.74) is -0.975. The summed E-state index contributed by atoms with van der Waals surface area (Å²) in [7, 11) is 0. The zero-order valence-corrected chi connectivity index (χ0v) is 14.6. The number of carbonyl (C=O) groups is 2. The quantitative estimate of drug-likeness (QED) is 0.539. The second-order valence-electron chi connectivity index (χ2n) is 7.41. The predicted molar refractivity (Wildman–Crippen MR) is 84.9 cm³/mol. The molecular formula is C18H32O3. The van der Waals surface area contributed by atoms with Crippen LogP contribution in [0, 0.1) is 23.2 Å². The third kappa shape index (κ3) is 4.31. The summed E-state index contributed by atoms with van der Waals surface area (Å²) in [5, 5.41) is 0. The Morgan fingerprint density at radius 1 is 1.29 bits per heavy atom. The van der Waals surface area contributed by atoms with Crippen LogP contribution in [0.5, 0.6) is 0 Å². The van der Waals surface area contributed by atoms with Crippen LogP contribution in [-0.2, 0) is 14.3 Å². The van der Waals surface area contributed by atoms with E-state index in [0.29, 0.717) is 24.2 Å². The molecule has 3 nitrogen and oxygen atoms in total. The Labute approximate surface area is 129 Å². The number of ketones is 1. The fourth-order valence-electron chi connectivity index (χ4n) is 3.44. The van der Waals surface area contributed by atoms with Crippen LogP contribution in [0.2, 0.25) is 0 Å². The van der Waals surface area contributed by atoms with E-state index >= 15 is 0 Å². The number of hydrogen-bond acceptors (Lipinski definition) is 3. The second kappa shape index (κ2) is 7.42. The molecule has 1 aliphatic carbocycles. The number of hydrogen-bond donors (Lipinski definition) is 0. The molecule has 1 rings (SSSR count). The van der Waals surface area contributed by atoms with E-state index in [2.05, 4.69) is 20.8 Å². The minimum absolute atomic E-state index is 0.0308. The molecule has 0 aliphatic heterocycles. The van der Waals surface area contributed by atoms with Crippen LogP contribution in [0.1, 0.15) is 73.6 Å². The normalized spacial score (nSPS) is 29.0. The lowest BCUT2D eigenvalue weighted by molar-refractivity contribution is -0.170. The Morgan fingerprint density at radius 3 is 2.38 bits per heavy atom. The number of esters is 1. The fourth-order valence-corrected chi connectivity index (χ4v) is 3.44. The lowest BCUT2D eigenvalue weighted by atomic mass is 9.75. The highest BCUT2D eigenvalue weighted by Gasteiger charge is 2.42. The van der Waals surface area contributed by atoms with Gasteiger partial charge in [-0.2, -0.15) is 0 Å². The van der Waals surface area contributed by atoms with Crippen LogP contribution in [0.15, 0.2) is 0 Å². The molecule has 0 heterocycles. The van der Waals surface area contributed by atoms with Gasteiger partial charge in [0.1, 0.15) is 17.3 Å². The Morgan fingerprint density at radius 2 is 1.90 bits per heavy atom. The highest BCUT2D eigenvalue weighted by atomic mass is 16.5. The molecule has 0 aromatic rings. The number of ether oxygens (including phenoxy) is 1. The van der Waals surface area contributed by atoms with Gasteiger partial charge in [-0.25, -0.2) is 0 Å². The van der Waals surface area contributed by atoms with E-state index in [1.807, 2.05) is 6.92 Å². The molecule has 0 aromatic carbocycles. The van der Waals surface area contributed by atoms with E-state index < -0.39 is 5.41 Å². The molecule has 1 fully saturated rings. The van der Waals surface area contributed by atoms with Crippen molar-refractivity contribution in [2.45, 2.75) is 79.8 Å². The zero-order valence-electron chi connectivity index (χ0n) is 14.6. The Bertz CT molecular complexity index is 375. The largest absolute Gasteiger partial charge is 0.461 e. The van der Waals surface area contributed by atoms with Crippen LogP contribution < -0.4 is 0 Å². The third-order valence-corrected chi connectivity index (χ3v) is 5.20. The average Bonchev–Trinajstić information content (AvgIpc) is 2.38. The van der Waals surface area contributed by atoms with Gasteiger partial charge in [-0.05, 0) is 50.9 Å². The van der Waals surface area contributed by atoms with Crippen molar-refractivity contribution >= 4 is 11.8 Å². The van der Waals surface area contributed by atoms with E-state index in [1.165, 1.54) is 13.3 Å². The minimum atomic E-state index is -0.975. The molecule has 1 aliphatic rings. The van der Waals surface area contributed by atoms with Gasteiger partial charge < -0.3 is 4.74 Å². The molecule has 122 valence electrons. The van der Waals surface area contributed by atoms with E-state index in [1.54, 1.807) is 6.92 Å². The van der Waals surface area contributed by atoms with Crippen LogP contribution >= 0.6 is 0 Å². The smallest absolute Gasteiger partial charge is 0.319 e. The van der Waals surface area contributed by atoms with Gasteiger partial charge >= 0.3 is 5.97 Å². The molecule has 3 heteroatoms. The molecule has 21 heavy (non-hydrogen) atoms. The molecule has 0 radical (unpaired) electrons. The van der Waals surface area contributed by atoms with Crippen molar-refractivity contribution in [2.24, 2.45) is 23.2 Å². The zero-order chi connectivity index (χ0) is 16.2. The Hall–Kier alpha value is -0.860. The van der Waals surface area contributed by atoms with E-state index in [4.69, 9.17) is 4.74 Å². The lowest BCUT2D eigenvalue weighted by Crippen LogP contribution is -2.42. The molecule has 4 atom stereocenters. The first-order valence-corrected chi connectivity index (χ1v) is 8.44. The van der Waals surface area contributed by atoms with Crippen molar-refractivity contribution < 1.29 is 14.3 Å². The predicted octanol–water partition coefficient (Wildman–Crippen LogP) is 4.39. The fraction of sp³-hybridized carbons (Fsp3) is 0.889. The van der Waals surface area contributed by atoms with Gasteiger partial charge in [0.2, 0.25) is 0 Å².